The third-order valence-electron chi connectivity index (χ3n) is 5.64. The lowest BCUT2D eigenvalue weighted by Crippen LogP contribution is -2.24. The maximum absolute atomic E-state index is 12.8. The summed E-state index contributed by atoms with van der Waals surface area (Å²) in [4.78, 5) is 30.0. The highest BCUT2D eigenvalue weighted by Gasteiger charge is 2.21. The van der Waals surface area contributed by atoms with Gasteiger partial charge in [-0.25, -0.2) is 14.6 Å². The van der Waals surface area contributed by atoms with E-state index in [9.17, 15) is 14.7 Å². The number of nitrogens with zero attached hydrogens (tertiary/aromatic N) is 2. The van der Waals surface area contributed by atoms with Crippen LogP contribution in [-0.4, -0.2) is 32.2 Å². The molecule has 0 amide bonds. The molecule has 7 heteroatoms. The third-order valence-corrected chi connectivity index (χ3v) is 6.65. The van der Waals surface area contributed by atoms with Gasteiger partial charge in [0.1, 0.15) is 21.1 Å². The van der Waals surface area contributed by atoms with Crippen molar-refractivity contribution in [3.63, 3.8) is 0 Å². The Morgan fingerprint density at radius 1 is 1.09 bits per heavy atom. The van der Waals surface area contributed by atoms with Crippen LogP contribution in [-0.2, 0) is 17.7 Å². The number of unbranched alkanes of at least 4 members (excludes halogenated alkanes) is 1. The molecule has 2 aromatic heterocycles. The number of aromatic carboxylic acids is 1. The zero-order valence-electron chi connectivity index (χ0n) is 20.5. The maximum atomic E-state index is 12.8. The van der Waals surface area contributed by atoms with Crippen LogP contribution in [0.25, 0.3) is 21.5 Å². The summed E-state index contributed by atoms with van der Waals surface area (Å²) in [5, 5.41) is 9.40. The number of carboxylic acids is 1. The predicted molar refractivity (Wildman–Crippen MR) is 139 cm³/mol. The van der Waals surface area contributed by atoms with Gasteiger partial charge in [-0.15, -0.1) is 11.3 Å². The number of carbonyl (C=O) groups excluding carboxylic acids is 1. The third kappa shape index (κ3) is 5.62. The molecule has 2 aromatic carbocycles. The highest BCUT2D eigenvalue weighted by molar-refractivity contribution is 7.20. The van der Waals surface area contributed by atoms with E-state index in [1.54, 1.807) is 12.1 Å². The SMILES string of the molecule is CCCCc1nc2sc(C(=O)O)cc2n1Cc1ccc(-c2ccccc2C(=O)OC(C)(C)C)cc1. The van der Waals surface area contributed by atoms with Gasteiger partial charge >= 0.3 is 11.9 Å². The summed E-state index contributed by atoms with van der Waals surface area (Å²) in [6, 6.07) is 17.3. The fourth-order valence-electron chi connectivity index (χ4n) is 3.99. The van der Waals surface area contributed by atoms with Crippen LogP contribution in [0.5, 0.6) is 0 Å². The predicted octanol–water partition coefficient (Wildman–Crippen LogP) is 6.81. The summed E-state index contributed by atoms with van der Waals surface area (Å²) in [7, 11) is 0. The first kappa shape index (κ1) is 24.7. The Hall–Kier alpha value is -3.45. The molecule has 4 rings (SSSR count). The summed E-state index contributed by atoms with van der Waals surface area (Å²) >= 11 is 1.22. The molecule has 0 aliphatic carbocycles. The van der Waals surface area contributed by atoms with Gasteiger partial charge in [0, 0.05) is 13.0 Å². The Morgan fingerprint density at radius 2 is 1.80 bits per heavy atom. The molecular weight excluding hydrogens is 460 g/mol. The number of carboxylic acid groups (broad SMARTS) is 1. The number of aryl methyl sites for hydroxylation is 1. The minimum atomic E-state index is -0.928. The second-order valence-corrected chi connectivity index (χ2v) is 10.6. The van der Waals surface area contributed by atoms with E-state index in [4.69, 9.17) is 9.72 Å². The van der Waals surface area contributed by atoms with E-state index in [0.29, 0.717) is 17.0 Å². The lowest BCUT2D eigenvalue weighted by Gasteiger charge is -2.20. The van der Waals surface area contributed by atoms with Gasteiger partial charge in [0.15, 0.2) is 0 Å². The van der Waals surface area contributed by atoms with Gasteiger partial charge in [0.2, 0.25) is 0 Å². The van der Waals surface area contributed by atoms with E-state index in [0.717, 1.165) is 52.1 Å². The van der Waals surface area contributed by atoms with Gasteiger partial charge in [-0.2, -0.15) is 0 Å². The first-order chi connectivity index (χ1) is 16.7. The van der Waals surface area contributed by atoms with E-state index in [1.165, 1.54) is 11.3 Å². The highest BCUT2D eigenvalue weighted by Crippen LogP contribution is 2.29. The van der Waals surface area contributed by atoms with Crippen molar-refractivity contribution in [2.24, 2.45) is 0 Å². The Bertz CT molecular complexity index is 1360. The highest BCUT2D eigenvalue weighted by atomic mass is 32.1. The van der Waals surface area contributed by atoms with Gasteiger partial charge in [0.25, 0.3) is 0 Å². The van der Waals surface area contributed by atoms with Crippen molar-refractivity contribution in [2.45, 2.75) is 59.1 Å². The van der Waals surface area contributed by atoms with Crippen molar-refractivity contribution in [3.05, 3.63) is 76.4 Å². The number of ether oxygens (including phenoxy) is 1. The number of benzene rings is 2. The zero-order chi connectivity index (χ0) is 25.2. The summed E-state index contributed by atoms with van der Waals surface area (Å²) in [5.41, 5.74) is 3.66. The van der Waals surface area contributed by atoms with Gasteiger partial charge in [-0.1, -0.05) is 55.8 Å². The van der Waals surface area contributed by atoms with Crippen LogP contribution < -0.4 is 0 Å². The Morgan fingerprint density at radius 3 is 2.46 bits per heavy atom. The Kier molecular flexibility index (Phi) is 7.08. The zero-order valence-corrected chi connectivity index (χ0v) is 21.3. The van der Waals surface area contributed by atoms with Gasteiger partial charge in [-0.3, -0.25) is 0 Å². The van der Waals surface area contributed by atoms with E-state index >= 15 is 0 Å². The fraction of sp³-hybridized carbons (Fsp3) is 0.321. The number of esters is 1. The normalized spacial score (nSPS) is 11.7. The van der Waals surface area contributed by atoms with Crippen LogP contribution >= 0.6 is 11.3 Å². The molecular formula is C28H30N2O4S. The Labute approximate surface area is 209 Å². The summed E-state index contributed by atoms with van der Waals surface area (Å²) < 4.78 is 7.72. The number of rotatable bonds is 8. The molecule has 4 aromatic rings. The first-order valence-electron chi connectivity index (χ1n) is 11.8. The van der Waals surface area contributed by atoms with Crippen LogP contribution in [0.4, 0.5) is 0 Å². The molecule has 0 saturated carbocycles. The molecule has 0 fully saturated rings. The molecule has 182 valence electrons. The van der Waals surface area contributed by atoms with Gasteiger partial charge in [-0.05, 0) is 56.0 Å². The largest absolute Gasteiger partial charge is 0.477 e. The average molecular weight is 491 g/mol. The lowest BCUT2D eigenvalue weighted by molar-refractivity contribution is 0.00702. The summed E-state index contributed by atoms with van der Waals surface area (Å²) in [6.45, 7) is 8.32. The molecule has 0 unspecified atom stereocenters. The number of thiophene rings is 1. The molecule has 2 heterocycles. The average Bonchev–Trinajstić information content (AvgIpc) is 3.36. The molecule has 0 aliphatic rings. The molecule has 0 atom stereocenters. The van der Waals surface area contributed by atoms with Crippen LogP contribution in [0, 0.1) is 0 Å². The quantitative estimate of drug-likeness (QED) is 0.274. The minimum Gasteiger partial charge on any atom is -0.477 e. The number of aromatic nitrogens is 2. The fourth-order valence-corrected chi connectivity index (χ4v) is 4.88. The lowest BCUT2D eigenvalue weighted by atomic mass is 9.98. The topological polar surface area (TPSA) is 81.4 Å². The molecule has 0 spiro atoms. The molecule has 35 heavy (non-hydrogen) atoms. The van der Waals surface area contributed by atoms with Crippen molar-refractivity contribution in [1.29, 1.82) is 0 Å². The summed E-state index contributed by atoms with van der Waals surface area (Å²) in [5.74, 6) is -0.294. The van der Waals surface area contributed by atoms with Crippen LogP contribution in [0.1, 0.15) is 72.0 Å². The number of hydrogen-bond donors (Lipinski definition) is 1. The standard InChI is InChI=1S/C28H30N2O4S/c1-5-6-11-24-29-25-22(16-23(35-25)26(31)32)30(24)17-18-12-14-19(15-13-18)20-9-7-8-10-21(20)27(33)34-28(2,3)4/h7-10,12-16H,5-6,11,17H2,1-4H3,(H,31,32). The number of carbonyl (C=O) groups is 2. The second kappa shape index (κ2) is 10.0. The van der Waals surface area contributed by atoms with E-state index < -0.39 is 11.6 Å². The molecule has 0 saturated heterocycles. The first-order valence-corrected chi connectivity index (χ1v) is 12.6. The Balaban J connectivity index is 1.64. The molecule has 0 radical (unpaired) electrons. The van der Waals surface area contributed by atoms with Crippen LogP contribution in [0.2, 0.25) is 0 Å². The molecule has 0 bridgehead atoms. The number of imidazole rings is 1. The van der Waals surface area contributed by atoms with Crippen LogP contribution in [0.15, 0.2) is 54.6 Å². The van der Waals surface area contributed by atoms with Crippen molar-refractivity contribution < 1.29 is 19.4 Å². The number of fused-ring (bicyclic) bond motifs is 1. The van der Waals surface area contributed by atoms with Gasteiger partial charge in [0.05, 0.1) is 11.1 Å². The van der Waals surface area contributed by atoms with Crippen LogP contribution in [0.3, 0.4) is 0 Å². The second-order valence-electron chi connectivity index (χ2n) is 9.57. The van der Waals surface area contributed by atoms with Crippen molar-refractivity contribution in [2.75, 3.05) is 0 Å². The van der Waals surface area contributed by atoms with Crippen molar-refractivity contribution in [1.82, 2.24) is 9.55 Å². The van der Waals surface area contributed by atoms with Gasteiger partial charge < -0.3 is 14.4 Å². The molecule has 1 N–H and O–H groups in total. The van der Waals surface area contributed by atoms with E-state index in [-0.39, 0.29) is 5.97 Å². The minimum absolute atomic E-state index is 0.299. The monoisotopic (exact) mass is 490 g/mol. The van der Waals surface area contributed by atoms with E-state index in [2.05, 4.69) is 11.5 Å². The smallest absolute Gasteiger partial charge is 0.346 e. The molecule has 0 aliphatic heterocycles. The molecule has 6 nitrogen and oxygen atoms in total. The van der Waals surface area contributed by atoms with Crippen molar-refractivity contribution in [3.8, 4) is 11.1 Å². The summed E-state index contributed by atoms with van der Waals surface area (Å²) in [6.07, 6.45) is 2.94. The van der Waals surface area contributed by atoms with E-state index in [1.807, 2.05) is 63.2 Å². The number of hydrogen-bond acceptors (Lipinski definition) is 5. The maximum Gasteiger partial charge on any atom is 0.346 e. The van der Waals surface area contributed by atoms with Crippen molar-refractivity contribution >= 4 is 33.6 Å².